The van der Waals surface area contributed by atoms with Gasteiger partial charge >= 0.3 is 0 Å². The van der Waals surface area contributed by atoms with Crippen LogP contribution in [0.25, 0.3) is 0 Å². The highest BCUT2D eigenvalue weighted by atomic mass is 32.2. The molecule has 2 aliphatic heterocycles. The zero-order valence-corrected chi connectivity index (χ0v) is 10.1. The predicted molar refractivity (Wildman–Crippen MR) is 61.4 cm³/mol. The molecule has 0 aromatic heterocycles. The van der Waals surface area contributed by atoms with E-state index in [1.807, 2.05) is 18.4 Å². The summed E-state index contributed by atoms with van der Waals surface area (Å²) in [6, 6.07) is 0. The molecule has 2 rings (SSSR count). The molecule has 0 aromatic carbocycles. The minimum Gasteiger partial charge on any atom is -0.578 e. The van der Waals surface area contributed by atoms with Crippen LogP contribution in [0, 0.1) is 16.6 Å². The van der Waals surface area contributed by atoms with Gasteiger partial charge in [0.2, 0.25) is 0 Å². The SMILES string of the molecule is CN(C)[S+]([O-])N1CCC2(CB(C#N)C2)C1. The molecule has 0 amide bonds. The molecule has 2 heterocycles. The summed E-state index contributed by atoms with van der Waals surface area (Å²) in [5, 5.41) is 8.76. The molecule has 1 spiro atoms. The first-order valence-electron chi connectivity index (χ1n) is 5.30. The van der Waals surface area contributed by atoms with E-state index in [4.69, 9.17) is 5.26 Å². The lowest BCUT2D eigenvalue weighted by molar-refractivity contribution is 0.330. The van der Waals surface area contributed by atoms with Crippen LogP contribution < -0.4 is 0 Å². The van der Waals surface area contributed by atoms with Gasteiger partial charge in [0.15, 0.2) is 0 Å². The summed E-state index contributed by atoms with van der Waals surface area (Å²) in [6.07, 6.45) is 3.11. The summed E-state index contributed by atoms with van der Waals surface area (Å²) in [6.45, 7) is 2.05. The second-order valence-corrected chi connectivity index (χ2v) is 6.60. The Bertz CT molecular complexity index is 288. The number of hydrogen-bond donors (Lipinski definition) is 0. The normalized spacial score (nSPS) is 26.7. The van der Waals surface area contributed by atoms with Crippen molar-refractivity contribution in [3.63, 3.8) is 0 Å². The van der Waals surface area contributed by atoms with Crippen molar-refractivity contribution in [1.82, 2.24) is 8.61 Å². The Hall–Kier alpha value is -0.215. The molecule has 0 saturated carbocycles. The second-order valence-electron chi connectivity index (χ2n) is 4.89. The van der Waals surface area contributed by atoms with Gasteiger partial charge in [-0.2, -0.15) is 0 Å². The van der Waals surface area contributed by atoms with Gasteiger partial charge in [-0.25, -0.2) is 5.26 Å². The molecular formula is C9H16BN3OS. The largest absolute Gasteiger partial charge is 0.578 e. The molecule has 2 aliphatic rings. The van der Waals surface area contributed by atoms with Crippen LogP contribution in [0.2, 0.25) is 12.6 Å². The van der Waals surface area contributed by atoms with E-state index >= 15 is 0 Å². The van der Waals surface area contributed by atoms with E-state index < -0.39 is 11.5 Å². The molecule has 0 aromatic rings. The molecule has 82 valence electrons. The van der Waals surface area contributed by atoms with Crippen molar-refractivity contribution in [3.05, 3.63) is 0 Å². The van der Waals surface area contributed by atoms with Gasteiger partial charge in [-0.15, -0.1) is 8.61 Å². The molecule has 6 heteroatoms. The highest BCUT2D eigenvalue weighted by molar-refractivity contribution is 7.86. The maximum Gasteiger partial charge on any atom is 0.269 e. The van der Waals surface area contributed by atoms with E-state index in [2.05, 4.69) is 5.97 Å². The van der Waals surface area contributed by atoms with Gasteiger partial charge in [-0.05, 0) is 11.8 Å². The summed E-state index contributed by atoms with van der Waals surface area (Å²) < 4.78 is 15.6. The van der Waals surface area contributed by atoms with Crippen LogP contribution in [0.4, 0.5) is 0 Å². The first-order chi connectivity index (χ1) is 7.06. The summed E-state index contributed by atoms with van der Waals surface area (Å²) in [5.74, 6) is 2.31. The van der Waals surface area contributed by atoms with Gasteiger partial charge in [-0.1, -0.05) is 12.6 Å². The van der Waals surface area contributed by atoms with E-state index in [0.29, 0.717) is 5.41 Å². The van der Waals surface area contributed by atoms with Crippen molar-refractivity contribution < 1.29 is 4.55 Å². The van der Waals surface area contributed by atoms with Crippen LogP contribution in [0.5, 0.6) is 0 Å². The minimum absolute atomic E-state index is 0.248. The predicted octanol–water partition coefficient (Wildman–Crippen LogP) is 0.390. The van der Waals surface area contributed by atoms with Crippen molar-refractivity contribution in [1.29, 1.82) is 5.26 Å². The smallest absolute Gasteiger partial charge is 0.269 e. The lowest BCUT2D eigenvalue weighted by atomic mass is 9.27. The molecular weight excluding hydrogens is 209 g/mol. The lowest BCUT2D eigenvalue weighted by Crippen LogP contribution is -2.46. The number of nitriles is 1. The molecule has 1 atom stereocenters. The zero-order chi connectivity index (χ0) is 11.1. The van der Waals surface area contributed by atoms with Crippen LogP contribution in [-0.4, -0.2) is 47.1 Å². The third-order valence-corrected chi connectivity index (χ3v) is 4.86. The average molecular weight is 225 g/mol. The van der Waals surface area contributed by atoms with Crippen LogP contribution in [0.15, 0.2) is 0 Å². The molecule has 0 N–H and O–H groups in total. The van der Waals surface area contributed by atoms with Gasteiger partial charge in [0, 0.05) is 26.6 Å². The Morgan fingerprint density at radius 1 is 1.53 bits per heavy atom. The van der Waals surface area contributed by atoms with E-state index in [9.17, 15) is 4.55 Å². The standard InChI is InChI=1S/C9H16BN3OS/c1-12(2)15(14)13-4-3-9(7-13)5-10(6-9)8-11/h3-7H2,1-2H3. The second kappa shape index (κ2) is 3.98. The molecule has 4 nitrogen and oxygen atoms in total. The average Bonchev–Trinajstić information content (AvgIpc) is 2.58. The van der Waals surface area contributed by atoms with E-state index in [1.54, 1.807) is 4.31 Å². The Balaban J connectivity index is 1.89. The van der Waals surface area contributed by atoms with Gasteiger partial charge < -0.3 is 4.55 Å². The van der Waals surface area contributed by atoms with Gasteiger partial charge in [0.1, 0.15) is 11.5 Å². The monoisotopic (exact) mass is 225 g/mol. The molecule has 1 unspecified atom stereocenters. The van der Waals surface area contributed by atoms with Crippen molar-refractivity contribution in [3.8, 4) is 5.97 Å². The van der Waals surface area contributed by atoms with Crippen molar-refractivity contribution in [2.45, 2.75) is 19.1 Å². The molecule has 15 heavy (non-hydrogen) atoms. The third-order valence-electron chi connectivity index (χ3n) is 3.48. The first kappa shape index (κ1) is 11.3. The quantitative estimate of drug-likeness (QED) is 0.504. The van der Waals surface area contributed by atoms with Crippen LogP contribution in [-0.2, 0) is 11.5 Å². The van der Waals surface area contributed by atoms with Gasteiger partial charge in [0.25, 0.3) is 6.71 Å². The Morgan fingerprint density at radius 2 is 2.20 bits per heavy atom. The number of nitrogens with zero attached hydrogens (tertiary/aromatic N) is 3. The molecule has 0 bridgehead atoms. The summed E-state index contributed by atoms with van der Waals surface area (Å²) >= 11 is -0.991. The van der Waals surface area contributed by atoms with Crippen LogP contribution in [0.1, 0.15) is 6.42 Å². The van der Waals surface area contributed by atoms with Crippen molar-refractivity contribution >= 4 is 18.3 Å². The Morgan fingerprint density at radius 3 is 2.73 bits per heavy atom. The molecule has 2 saturated heterocycles. The third kappa shape index (κ3) is 2.02. The fourth-order valence-corrected chi connectivity index (χ4v) is 3.76. The Labute approximate surface area is 94.7 Å². The van der Waals surface area contributed by atoms with E-state index in [1.165, 1.54) is 0 Å². The van der Waals surface area contributed by atoms with Crippen LogP contribution >= 0.6 is 0 Å². The summed E-state index contributed by atoms with van der Waals surface area (Å²) in [7, 11) is 3.67. The van der Waals surface area contributed by atoms with E-state index in [-0.39, 0.29) is 6.71 Å². The van der Waals surface area contributed by atoms with Gasteiger partial charge in [0.05, 0.1) is 6.54 Å². The van der Waals surface area contributed by atoms with Crippen molar-refractivity contribution in [2.24, 2.45) is 5.41 Å². The number of rotatable bonds is 2. The lowest BCUT2D eigenvalue weighted by Gasteiger charge is -2.39. The highest BCUT2D eigenvalue weighted by Crippen LogP contribution is 2.49. The van der Waals surface area contributed by atoms with E-state index in [0.717, 1.165) is 32.2 Å². The molecule has 0 aliphatic carbocycles. The Kier molecular flexibility index (Phi) is 2.99. The summed E-state index contributed by atoms with van der Waals surface area (Å²) in [4.78, 5) is 0. The highest BCUT2D eigenvalue weighted by Gasteiger charge is 2.53. The van der Waals surface area contributed by atoms with Crippen LogP contribution in [0.3, 0.4) is 0 Å². The van der Waals surface area contributed by atoms with Gasteiger partial charge in [-0.3, -0.25) is 0 Å². The maximum atomic E-state index is 11.8. The zero-order valence-electron chi connectivity index (χ0n) is 9.27. The first-order valence-corrected chi connectivity index (χ1v) is 6.37. The minimum atomic E-state index is -0.991. The fourth-order valence-electron chi connectivity index (χ4n) is 2.67. The fraction of sp³-hybridized carbons (Fsp3) is 0.889. The van der Waals surface area contributed by atoms with Crippen molar-refractivity contribution in [2.75, 3.05) is 27.2 Å². The molecule has 2 fully saturated rings. The maximum absolute atomic E-state index is 11.8. The molecule has 0 radical (unpaired) electrons. The number of hydrogen-bond acceptors (Lipinski definition) is 4. The summed E-state index contributed by atoms with van der Waals surface area (Å²) in [5.41, 5.74) is 0.312. The topological polar surface area (TPSA) is 53.3 Å².